The second-order valence-corrected chi connectivity index (χ2v) is 4.13. The Hall–Kier alpha value is -1.22. The first-order valence-corrected chi connectivity index (χ1v) is 5.53. The molecule has 86 valence electrons. The van der Waals surface area contributed by atoms with Crippen molar-refractivity contribution in [2.45, 2.75) is 19.3 Å². The maximum Gasteiger partial charge on any atom is 0.171 e. The predicted octanol–water partition coefficient (Wildman–Crippen LogP) is 2.88. The number of methoxy groups -OCH3 is 2. The number of Topliss-reactive ketones (excluding diaryl/α,β-unsaturated/α-hetero) is 1. The Morgan fingerprint density at radius 1 is 1.25 bits per heavy atom. The molecule has 0 fully saturated rings. The Morgan fingerprint density at radius 3 is 2.62 bits per heavy atom. The summed E-state index contributed by atoms with van der Waals surface area (Å²) in [6.45, 7) is 0. The lowest BCUT2D eigenvalue weighted by Gasteiger charge is -2.20. The minimum absolute atomic E-state index is 0.0823. The molecular weight excluding hydrogens is 228 g/mol. The first-order chi connectivity index (χ1) is 7.69. The molecule has 16 heavy (non-hydrogen) atoms. The van der Waals surface area contributed by atoms with Crippen LogP contribution in [0.1, 0.15) is 28.8 Å². The van der Waals surface area contributed by atoms with Crippen molar-refractivity contribution in [3.05, 3.63) is 22.2 Å². The molecule has 0 aromatic heterocycles. The van der Waals surface area contributed by atoms with E-state index in [0.29, 0.717) is 28.5 Å². The zero-order valence-corrected chi connectivity index (χ0v) is 10.1. The highest BCUT2D eigenvalue weighted by atomic mass is 35.5. The summed E-state index contributed by atoms with van der Waals surface area (Å²) in [6, 6.07) is 1.71. The van der Waals surface area contributed by atoms with Crippen LogP contribution in [-0.4, -0.2) is 20.0 Å². The van der Waals surface area contributed by atoms with Crippen LogP contribution in [0.2, 0.25) is 5.02 Å². The lowest BCUT2D eigenvalue weighted by Crippen LogP contribution is -2.13. The molecule has 0 saturated carbocycles. The van der Waals surface area contributed by atoms with E-state index in [4.69, 9.17) is 21.1 Å². The number of halogens is 1. The van der Waals surface area contributed by atoms with Crippen molar-refractivity contribution < 1.29 is 14.3 Å². The number of carbonyl (C=O) groups is 1. The SMILES string of the molecule is COc1cc(Cl)c2c(c1OC)C(=O)CCC2. The van der Waals surface area contributed by atoms with Gasteiger partial charge in [0.15, 0.2) is 17.3 Å². The summed E-state index contributed by atoms with van der Waals surface area (Å²) in [6.07, 6.45) is 2.22. The van der Waals surface area contributed by atoms with E-state index in [1.807, 2.05) is 0 Å². The topological polar surface area (TPSA) is 35.5 Å². The largest absolute Gasteiger partial charge is 0.493 e. The Labute approximate surface area is 99.3 Å². The van der Waals surface area contributed by atoms with E-state index in [9.17, 15) is 4.79 Å². The van der Waals surface area contributed by atoms with Gasteiger partial charge in [0.1, 0.15) is 0 Å². The standard InChI is InChI=1S/C12H13ClO3/c1-15-10-6-8(13)7-4-3-5-9(14)11(7)12(10)16-2/h6H,3-5H2,1-2H3. The van der Waals surface area contributed by atoms with Crippen LogP contribution in [-0.2, 0) is 6.42 Å². The molecule has 1 aromatic carbocycles. The first-order valence-electron chi connectivity index (χ1n) is 5.15. The number of carbonyl (C=O) groups excluding carboxylic acids is 1. The monoisotopic (exact) mass is 240 g/mol. The lowest BCUT2D eigenvalue weighted by atomic mass is 9.89. The van der Waals surface area contributed by atoms with Crippen LogP contribution >= 0.6 is 11.6 Å². The third kappa shape index (κ3) is 1.65. The second kappa shape index (κ2) is 4.34. The Morgan fingerprint density at radius 2 is 2.00 bits per heavy atom. The van der Waals surface area contributed by atoms with Gasteiger partial charge in [-0.3, -0.25) is 4.79 Å². The summed E-state index contributed by atoms with van der Waals surface area (Å²) in [7, 11) is 3.07. The number of ether oxygens (including phenoxy) is 2. The molecule has 2 rings (SSSR count). The van der Waals surface area contributed by atoms with E-state index in [2.05, 4.69) is 0 Å². The van der Waals surface area contributed by atoms with Crippen LogP contribution in [0.4, 0.5) is 0 Å². The fourth-order valence-electron chi connectivity index (χ4n) is 2.09. The smallest absolute Gasteiger partial charge is 0.171 e. The van der Waals surface area contributed by atoms with Crippen molar-refractivity contribution >= 4 is 17.4 Å². The molecule has 0 bridgehead atoms. The minimum Gasteiger partial charge on any atom is -0.493 e. The van der Waals surface area contributed by atoms with Crippen LogP contribution in [0, 0.1) is 0 Å². The highest BCUT2D eigenvalue weighted by molar-refractivity contribution is 6.32. The number of hydrogen-bond acceptors (Lipinski definition) is 3. The highest BCUT2D eigenvalue weighted by Gasteiger charge is 2.26. The lowest BCUT2D eigenvalue weighted by molar-refractivity contribution is 0.0968. The molecule has 0 spiro atoms. The average Bonchev–Trinajstić information content (AvgIpc) is 2.29. The molecule has 4 heteroatoms. The predicted molar refractivity (Wildman–Crippen MR) is 61.8 cm³/mol. The van der Waals surface area contributed by atoms with Gasteiger partial charge in [-0.05, 0) is 18.4 Å². The van der Waals surface area contributed by atoms with Crippen LogP contribution in [0.25, 0.3) is 0 Å². The fraction of sp³-hybridized carbons (Fsp3) is 0.417. The van der Waals surface area contributed by atoms with Crippen molar-refractivity contribution in [3.63, 3.8) is 0 Å². The summed E-state index contributed by atoms with van der Waals surface area (Å²) in [4.78, 5) is 11.9. The van der Waals surface area contributed by atoms with E-state index in [1.54, 1.807) is 6.07 Å². The fourth-order valence-corrected chi connectivity index (χ4v) is 2.38. The van der Waals surface area contributed by atoms with Crippen molar-refractivity contribution in [1.29, 1.82) is 0 Å². The zero-order valence-electron chi connectivity index (χ0n) is 9.30. The van der Waals surface area contributed by atoms with Gasteiger partial charge in [-0.15, -0.1) is 0 Å². The number of hydrogen-bond donors (Lipinski definition) is 0. The molecule has 1 aromatic rings. The molecule has 0 heterocycles. The summed E-state index contributed by atoms with van der Waals surface area (Å²) in [5.74, 6) is 1.10. The molecule has 1 aliphatic rings. The second-order valence-electron chi connectivity index (χ2n) is 3.72. The van der Waals surface area contributed by atoms with Crippen LogP contribution in [0.3, 0.4) is 0 Å². The molecule has 0 aliphatic heterocycles. The maximum atomic E-state index is 11.9. The minimum atomic E-state index is 0.0823. The molecule has 0 amide bonds. The van der Waals surface area contributed by atoms with Crippen molar-refractivity contribution in [3.8, 4) is 11.5 Å². The third-order valence-corrected chi connectivity index (χ3v) is 3.17. The van der Waals surface area contributed by atoms with E-state index in [1.165, 1.54) is 14.2 Å². The Bertz CT molecular complexity index is 440. The van der Waals surface area contributed by atoms with Gasteiger partial charge in [-0.25, -0.2) is 0 Å². The van der Waals surface area contributed by atoms with Gasteiger partial charge < -0.3 is 9.47 Å². The maximum absolute atomic E-state index is 11.9. The number of rotatable bonds is 2. The van der Waals surface area contributed by atoms with Gasteiger partial charge >= 0.3 is 0 Å². The number of benzene rings is 1. The van der Waals surface area contributed by atoms with Gasteiger partial charge in [0.05, 0.1) is 19.8 Å². The van der Waals surface area contributed by atoms with Gasteiger partial charge in [0.2, 0.25) is 0 Å². The Kier molecular flexibility index (Phi) is 3.06. The molecule has 0 atom stereocenters. The van der Waals surface area contributed by atoms with E-state index in [0.717, 1.165) is 18.4 Å². The zero-order chi connectivity index (χ0) is 11.7. The first kappa shape index (κ1) is 11.3. The molecule has 3 nitrogen and oxygen atoms in total. The summed E-state index contributed by atoms with van der Waals surface area (Å²) in [5.41, 5.74) is 1.48. The van der Waals surface area contributed by atoms with E-state index in [-0.39, 0.29) is 5.78 Å². The molecule has 0 unspecified atom stereocenters. The summed E-state index contributed by atoms with van der Waals surface area (Å²) in [5, 5.41) is 0.584. The summed E-state index contributed by atoms with van der Waals surface area (Å²) < 4.78 is 10.4. The van der Waals surface area contributed by atoms with Gasteiger partial charge in [0.25, 0.3) is 0 Å². The van der Waals surface area contributed by atoms with Crippen LogP contribution < -0.4 is 9.47 Å². The van der Waals surface area contributed by atoms with E-state index < -0.39 is 0 Å². The van der Waals surface area contributed by atoms with Gasteiger partial charge in [-0.1, -0.05) is 11.6 Å². The van der Waals surface area contributed by atoms with Gasteiger partial charge in [0, 0.05) is 17.5 Å². The quantitative estimate of drug-likeness (QED) is 0.798. The molecule has 0 radical (unpaired) electrons. The van der Waals surface area contributed by atoms with E-state index >= 15 is 0 Å². The number of fused-ring (bicyclic) bond motifs is 1. The van der Waals surface area contributed by atoms with Gasteiger partial charge in [-0.2, -0.15) is 0 Å². The highest BCUT2D eigenvalue weighted by Crippen LogP contribution is 2.41. The normalized spacial score (nSPS) is 14.6. The molecule has 1 aliphatic carbocycles. The third-order valence-electron chi connectivity index (χ3n) is 2.83. The van der Waals surface area contributed by atoms with Crippen molar-refractivity contribution in [1.82, 2.24) is 0 Å². The van der Waals surface area contributed by atoms with Crippen molar-refractivity contribution in [2.24, 2.45) is 0 Å². The summed E-state index contributed by atoms with van der Waals surface area (Å²) >= 11 is 6.13. The number of ketones is 1. The Balaban J connectivity index is 2.70. The molecular formula is C12H13ClO3. The van der Waals surface area contributed by atoms with Crippen molar-refractivity contribution in [2.75, 3.05) is 14.2 Å². The molecule has 0 N–H and O–H groups in total. The average molecular weight is 241 g/mol. The van der Waals surface area contributed by atoms with Crippen LogP contribution in [0.15, 0.2) is 6.07 Å². The van der Waals surface area contributed by atoms with Crippen LogP contribution in [0.5, 0.6) is 11.5 Å². The molecule has 0 saturated heterocycles.